The molecule has 0 unspecified atom stereocenters. The average molecular weight is 134 g/mol. The van der Waals surface area contributed by atoms with E-state index in [1.807, 2.05) is 20.8 Å². The molecule has 9 heavy (non-hydrogen) atoms. The molecule has 0 aliphatic heterocycles. The largest absolute Gasteiger partial charge is 0.397 e. The van der Waals surface area contributed by atoms with E-state index >= 15 is 0 Å². The van der Waals surface area contributed by atoms with Crippen molar-refractivity contribution in [1.29, 1.82) is 0 Å². The molecule has 0 aliphatic rings. The first-order valence-corrected chi connectivity index (χ1v) is 3.41. The Morgan fingerprint density at radius 2 is 1.67 bits per heavy atom. The maximum atomic E-state index is 7.57. The maximum Gasteiger partial charge on any atom is 0.0518 e. The van der Waals surface area contributed by atoms with Crippen LogP contribution in [0, 0.1) is 0 Å². The monoisotopic (exact) mass is 134 g/mol. The fourth-order valence-corrected chi connectivity index (χ4v) is 0.333. The average Bonchev–Trinajstić information content (AvgIpc) is 1.67. The van der Waals surface area contributed by atoms with Gasteiger partial charge in [0.2, 0.25) is 0 Å². The van der Waals surface area contributed by atoms with Gasteiger partial charge in [0.05, 0.1) is 6.10 Å². The molecule has 0 aromatic heterocycles. The van der Waals surface area contributed by atoms with E-state index in [4.69, 9.17) is 9.84 Å². The van der Waals surface area contributed by atoms with Gasteiger partial charge in [-0.25, -0.2) is 0 Å². The highest BCUT2D eigenvalue weighted by Gasteiger charge is 1.83. The van der Waals surface area contributed by atoms with Crippen LogP contribution in [-0.4, -0.2) is 24.4 Å². The first kappa shape index (κ1) is 11.7. The molecule has 0 bridgehead atoms. The van der Waals surface area contributed by atoms with Gasteiger partial charge in [0.25, 0.3) is 0 Å². The van der Waals surface area contributed by atoms with E-state index in [0.29, 0.717) is 6.10 Å². The summed E-state index contributed by atoms with van der Waals surface area (Å²) < 4.78 is 5.04. The third-order valence-corrected chi connectivity index (χ3v) is 0.500. The molecule has 0 amide bonds. The van der Waals surface area contributed by atoms with Crippen molar-refractivity contribution in [3.63, 3.8) is 0 Å². The lowest BCUT2D eigenvalue weighted by Gasteiger charge is -2.00. The van der Waals surface area contributed by atoms with E-state index in [9.17, 15) is 0 Å². The summed E-state index contributed by atoms with van der Waals surface area (Å²) in [4.78, 5) is 0. The molecule has 2 nitrogen and oxygen atoms in total. The summed E-state index contributed by atoms with van der Waals surface area (Å²) in [5, 5.41) is 7.57. The van der Waals surface area contributed by atoms with Gasteiger partial charge < -0.3 is 9.84 Å². The van der Waals surface area contributed by atoms with Crippen LogP contribution in [0.15, 0.2) is 0 Å². The van der Waals surface area contributed by atoms with Crippen LogP contribution in [0.5, 0.6) is 0 Å². The Morgan fingerprint density at radius 3 is 1.67 bits per heavy atom. The van der Waals surface area contributed by atoms with Crippen LogP contribution < -0.4 is 0 Å². The van der Waals surface area contributed by atoms with Crippen LogP contribution in [0.3, 0.4) is 0 Å². The van der Waals surface area contributed by atoms with E-state index < -0.39 is 0 Å². The summed E-state index contributed by atoms with van der Waals surface area (Å²) in [5.74, 6) is 0. The molecule has 0 saturated heterocycles. The van der Waals surface area contributed by atoms with Crippen molar-refractivity contribution in [2.24, 2.45) is 0 Å². The van der Waals surface area contributed by atoms with Gasteiger partial charge in [0, 0.05) is 13.2 Å². The summed E-state index contributed by atoms with van der Waals surface area (Å²) in [6.07, 6.45) is 0.398. The number of aliphatic hydroxyl groups is 1. The topological polar surface area (TPSA) is 29.5 Å². The van der Waals surface area contributed by atoms with Crippen molar-refractivity contribution in [3.05, 3.63) is 0 Å². The van der Waals surface area contributed by atoms with Crippen LogP contribution in [0.2, 0.25) is 0 Å². The Balaban J connectivity index is 0. The second kappa shape index (κ2) is 10.8. The molecule has 0 aliphatic carbocycles. The summed E-state index contributed by atoms with van der Waals surface area (Å²) in [6, 6.07) is 0. The van der Waals surface area contributed by atoms with Crippen LogP contribution >= 0.6 is 0 Å². The molecule has 58 valence electrons. The minimum absolute atomic E-state index is 0.250. The van der Waals surface area contributed by atoms with Gasteiger partial charge in [-0.3, -0.25) is 0 Å². The molecule has 2 heteroatoms. The number of rotatable bonds is 2. The lowest BCUT2D eigenvalue weighted by Crippen LogP contribution is -1.99. The highest BCUT2D eigenvalue weighted by molar-refractivity contribution is 4.30. The Labute approximate surface area is 57.8 Å². The fraction of sp³-hybridized carbons (Fsp3) is 1.00. The lowest BCUT2D eigenvalue weighted by atomic mass is 10.5. The lowest BCUT2D eigenvalue weighted by molar-refractivity contribution is 0.0899. The van der Waals surface area contributed by atoms with Crippen LogP contribution in [-0.2, 0) is 4.74 Å². The second-order valence-electron chi connectivity index (χ2n) is 1.82. The molecule has 0 radical (unpaired) electrons. The quantitative estimate of drug-likeness (QED) is 0.619. The highest BCUT2D eigenvalue weighted by Crippen LogP contribution is 1.83. The van der Waals surface area contributed by atoms with Crippen LogP contribution in [0.4, 0.5) is 0 Å². The van der Waals surface area contributed by atoms with Crippen molar-refractivity contribution in [2.45, 2.75) is 33.8 Å². The predicted octanol–water partition coefficient (Wildman–Crippen LogP) is 1.43. The third-order valence-electron chi connectivity index (χ3n) is 0.500. The summed E-state index contributed by atoms with van der Waals surface area (Å²) in [5.41, 5.74) is 0. The Hall–Kier alpha value is -0.0800. The summed E-state index contributed by atoms with van der Waals surface area (Å²) in [7, 11) is 0. The third kappa shape index (κ3) is 32.6. The molecule has 0 atom stereocenters. The smallest absolute Gasteiger partial charge is 0.0518 e. The molecular formula is C7H18O2. The first-order chi connectivity index (χ1) is 4.18. The minimum atomic E-state index is 0.250. The van der Waals surface area contributed by atoms with Crippen molar-refractivity contribution >= 4 is 0 Å². The van der Waals surface area contributed by atoms with Crippen molar-refractivity contribution in [2.75, 3.05) is 13.2 Å². The molecule has 0 rings (SSSR count). The van der Waals surface area contributed by atoms with Gasteiger partial charge in [0.15, 0.2) is 0 Å². The number of aliphatic hydroxyl groups excluding tert-OH is 1. The van der Waals surface area contributed by atoms with Crippen molar-refractivity contribution in [1.82, 2.24) is 0 Å². The number of ether oxygens (including phenoxy) is 1. The van der Waals surface area contributed by atoms with Gasteiger partial charge in [-0.2, -0.15) is 0 Å². The molecule has 0 saturated carbocycles. The van der Waals surface area contributed by atoms with E-state index in [1.165, 1.54) is 0 Å². The SMILES string of the molecule is CCO.CCOC(C)C. The highest BCUT2D eigenvalue weighted by atomic mass is 16.5. The van der Waals surface area contributed by atoms with Gasteiger partial charge in [-0.15, -0.1) is 0 Å². The minimum Gasteiger partial charge on any atom is -0.397 e. The molecule has 0 heterocycles. The van der Waals surface area contributed by atoms with Gasteiger partial charge in [0.1, 0.15) is 0 Å². The molecule has 0 aromatic carbocycles. The zero-order valence-electron chi connectivity index (χ0n) is 6.85. The number of hydrogen-bond donors (Lipinski definition) is 1. The van der Waals surface area contributed by atoms with Gasteiger partial charge in [-0.05, 0) is 27.7 Å². The second-order valence-corrected chi connectivity index (χ2v) is 1.82. The van der Waals surface area contributed by atoms with Crippen molar-refractivity contribution < 1.29 is 9.84 Å². The van der Waals surface area contributed by atoms with E-state index in [0.717, 1.165) is 6.61 Å². The standard InChI is InChI=1S/C5H12O.C2H6O/c1-4-6-5(2)3;1-2-3/h5H,4H2,1-3H3;3H,2H2,1H3. The molecule has 1 N–H and O–H groups in total. The Kier molecular flexibility index (Phi) is 14.0. The fourth-order valence-electron chi connectivity index (χ4n) is 0.333. The Bertz CT molecular complexity index is 35.9. The molecule has 0 spiro atoms. The van der Waals surface area contributed by atoms with Gasteiger partial charge >= 0.3 is 0 Å². The zero-order valence-corrected chi connectivity index (χ0v) is 6.85. The van der Waals surface area contributed by atoms with E-state index in [2.05, 4.69) is 0 Å². The van der Waals surface area contributed by atoms with Crippen LogP contribution in [0.1, 0.15) is 27.7 Å². The summed E-state index contributed by atoms with van der Waals surface area (Å²) >= 11 is 0. The maximum absolute atomic E-state index is 7.57. The summed E-state index contributed by atoms with van der Waals surface area (Å²) in [6.45, 7) is 8.82. The molecular weight excluding hydrogens is 116 g/mol. The molecule has 0 fully saturated rings. The Morgan fingerprint density at radius 1 is 1.33 bits per heavy atom. The van der Waals surface area contributed by atoms with Crippen molar-refractivity contribution in [3.8, 4) is 0 Å². The predicted molar refractivity (Wildman–Crippen MR) is 39.5 cm³/mol. The van der Waals surface area contributed by atoms with Crippen LogP contribution in [0.25, 0.3) is 0 Å². The normalized spacial score (nSPS) is 8.67. The first-order valence-electron chi connectivity index (χ1n) is 3.41. The van der Waals surface area contributed by atoms with Gasteiger partial charge in [-0.1, -0.05) is 0 Å². The molecule has 0 aromatic rings. The van der Waals surface area contributed by atoms with E-state index in [1.54, 1.807) is 6.92 Å². The van der Waals surface area contributed by atoms with E-state index in [-0.39, 0.29) is 6.61 Å². The number of hydrogen-bond acceptors (Lipinski definition) is 2. The zero-order chi connectivity index (χ0) is 7.70.